The number of rotatable bonds is 2. The predicted molar refractivity (Wildman–Crippen MR) is 28.6 cm³/mol. The van der Waals surface area contributed by atoms with Crippen molar-refractivity contribution >= 4 is 51.5 Å². The molecular formula is C3H5GeNaO2. The number of hydrogen-bond acceptors (Lipinski definition) is 1. The van der Waals surface area contributed by atoms with Gasteiger partial charge in [-0.25, -0.2) is 0 Å². The van der Waals surface area contributed by atoms with Gasteiger partial charge in [-0.2, -0.15) is 0 Å². The molecule has 0 bridgehead atoms. The molecule has 0 aliphatic carbocycles. The van der Waals surface area contributed by atoms with Gasteiger partial charge >= 0.3 is 53.9 Å². The maximum atomic E-state index is 9.62. The molecule has 0 aliphatic rings. The molecule has 0 aromatic rings. The summed E-state index contributed by atoms with van der Waals surface area (Å²) < 4.78 is 0.870. The molecule has 0 saturated heterocycles. The Labute approximate surface area is 71.1 Å². The summed E-state index contributed by atoms with van der Waals surface area (Å²) in [6.45, 7) is 0. The Bertz CT molecular complexity index is 56.9. The van der Waals surface area contributed by atoms with Crippen LogP contribution < -0.4 is 0 Å². The van der Waals surface area contributed by atoms with E-state index in [-0.39, 0.29) is 17.6 Å². The molecule has 4 radical (unpaired) electrons. The van der Waals surface area contributed by atoms with Crippen molar-refractivity contribution in [3.8, 4) is 0 Å². The van der Waals surface area contributed by atoms with Crippen LogP contribution in [0.4, 0.5) is 0 Å². The van der Waals surface area contributed by atoms with Gasteiger partial charge in [0.1, 0.15) is 0 Å². The van der Waals surface area contributed by atoms with Crippen LogP contribution >= 0.6 is 0 Å². The van der Waals surface area contributed by atoms with E-state index in [0.29, 0.717) is 6.42 Å². The van der Waals surface area contributed by atoms with Gasteiger partial charge in [-0.15, -0.1) is 0 Å². The first-order chi connectivity index (χ1) is 2.77. The molecule has 0 unspecified atom stereocenters. The minimum Gasteiger partial charge on any atom is 0 e. The smallest absolute Gasteiger partial charge is 0 e. The third-order valence-electron chi connectivity index (χ3n) is 0.464. The van der Waals surface area contributed by atoms with E-state index >= 15 is 0 Å². The molecule has 1 N–H and O–H groups in total. The van der Waals surface area contributed by atoms with Crippen LogP contribution in [0.5, 0.6) is 0 Å². The zero-order valence-corrected chi connectivity index (χ0v) is 8.37. The second kappa shape index (κ2) is 7.01. The van der Waals surface area contributed by atoms with E-state index in [9.17, 15) is 4.79 Å². The molecule has 0 aromatic heterocycles. The summed E-state index contributed by atoms with van der Waals surface area (Å²) >= 11 is 1.01. The third-order valence-corrected chi connectivity index (χ3v) is 0.964. The van der Waals surface area contributed by atoms with Crippen LogP contribution in [0.3, 0.4) is 0 Å². The summed E-state index contributed by atoms with van der Waals surface area (Å²) in [6, 6.07) is 0. The molecule has 2 nitrogen and oxygen atoms in total. The number of hydrogen-bond donors (Lipinski definition) is 1. The first-order valence-corrected chi connectivity index (χ1v) is 3.40. The van der Waals surface area contributed by atoms with E-state index in [2.05, 4.69) is 0 Å². The fraction of sp³-hybridized carbons (Fsp3) is 0.667. The molecule has 4 heteroatoms. The van der Waals surface area contributed by atoms with Gasteiger partial charge in [0.15, 0.2) is 0 Å². The summed E-state index contributed by atoms with van der Waals surface area (Å²) in [7, 11) is 0. The van der Waals surface area contributed by atoms with Crippen LogP contribution in [-0.4, -0.2) is 56.6 Å². The summed E-state index contributed by atoms with van der Waals surface area (Å²) in [5, 5.41) is 7.94. The van der Waals surface area contributed by atoms with E-state index in [1.54, 1.807) is 0 Å². The van der Waals surface area contributed by atoms with Gasteiger partial charge in [0, 0.05) is 17.6 Å². The van der Waals surface area contributed by atoms with E-state index in [4.69, 9.17) is 5.11 Å². The number of carboxylic acids is 1. The molecule has 0 aliphatic heterocycles. The van der Waals surface area contributed by atoms with Gasteiger partial charge in [-0.3, -0.25) is 0 Å². The van der Waals surface area contributed by atoms with E-state index in [1.165, 1.54) is 0 Å². The maximum Gasteiger partial charge on any atom is 0 e. The van der Waals surface area contributed by atoms with Gasteiger partial charge in [-0.1, -0.05) is 0 Å². The Kier molecular flexibility index (Phi) is 10.9. The second-order valence-corrected chi connectivity index (χ2v) is 2.14. The topological polar surface area (TPSA) is 37.3 Å². The fourth-order valence-electron chi connectivity index (χ4n) is 0.214. The van der Waals surface area contributed by atoms with Gasteiger partial charge in [0.25, 0.3) is 0 Å². The molecule has 0 rings (SSSR count). The van der Waals surface area contributed by atoms with E-state index in [0.717, 1.165) is 31.6 Å². The normalized spacial score (nSPS) is 7.14. The Morgan fingerprint density at radius 1 is 1.71 bits per heavy atom. The molecule has 0 fully saturated rings. The Hall–Kier alpha value is 1.01. The summed E-state index contributed by atoms with van der Waals surface area (Å²) in [4.78, 5) is 9.62. The van der Waals surface area contributed by atoms with Crippen molar-refractivity contribution < 1.29 is 9.90 Å². The number of carbonyl (C=O) groups is 1. The standard InChI is InChI=1S/C3H5O2.Ge.Na/c1-2-3(4)5;;/h1-2H2,(H,4,5);;. The molecule has 0 heterocycles. The summed E-state index contributed by atoms with van der Waals surface area (Å²) in [6.07, 6.45) is 0.353. The van der Waals surface area contributed by atoms with Crippen molar-refractivity contribution in [3.63, 3.8) is 0 Å². The van der Waals surface area contributed by atoms with Gasteiger partial charge in [-0.05, 0) is 0 Å². The van der Waals surface area contributed by atoms with Gasteiger partial charge < -0.3 is 0 Å². The van der Waals surface area contributed by atoms with Crippen molar-refractivity contribution in [2.45, 2.75) is 10.1 Å². The molecule has 7 heavy (non-hydrogen) atoms. The molecule has 0 atom stereocenters. The van der Waals surface area contributed by atoms with Crippen LogP contribution in [0.25, 0.3) is 0 Å². The molecular weight excluding hydrogens is 164 g/mol. The molecule has 0 amide bonds. The van der Waals surface area contributed by atoms with Crippen molar-refractivity contribution in [3.05, 3.63) is 0 Å². The first-order valence-electron chi connectivity index (χ1n) is 1.99. The van der Waals surface area contributed by atoms with E-state index in [1.807, 2.05) is 0 Å². The number of aliphatic carboxylic acids is 1. The second-order valence-electron chi connectivity index (χ2n) is 1.14. The minimum atomic E-state index is -0.676. The maximum absolute atomic E-state index is 9.62. The summed E-state index contributed by atoms with van der Waals surface area (Å²) in [5.74, 6) is -0.676. The van der Waals surface area contributed by atoms with Crippen LogP contribution in [-0.2, 0) is 4.79 Å². The minimum absolute atomic E-state index is 0. The predicted octanol–water partition coefficient (Wildman–Crippen LogP) is -0.333. The molecule has 0 aromatic carbocycles. The average molecular weight is 169 g/mol. The zero-order valence-electron chi connectivity index (χ0n) is 4.27. The largest absolute Gasteiger partial charge is 0 e. The Morgan fingerprint density at radius 3 is 2.14 bits per heavy atom. The van der Waals surface area contributed by atoms with Crippen LogP contribution in [0.2, 0.25) is 3.67 Å². The zero-order chi connectivity index (χ0) is 4.99. The quantitative estimate of drug-likeness (QED) is 0.574. The van der Waals surface area contributed by atoms with Gasteiger partial charge in [0.05, 0.1) is 0 Å². The van der Waals surface area contributed by atoms with Crippen LogP contribution in [0.15, 0.2) is 0 Å². The van der Waals surface area contributed by atoms with Crippen LogP contribution in [0.1, 0.15) is 6.42 Å². The van der Waals surface area contributed by atoms with Crippen molar-refractivity contribution in [1.29, 1.82) is 0 Å². The van der Waals surface area contributed by atoms with Crippen molar-refractivity contribution in [1.82, 2.24) is 0 Å². The SMILES string of the molecule is O=C(O)C[CH2][Na].[Ge]. The van der Waals surface area contributed by atoms with E-state index < -0.39 is 5.97 Å². The Morgan fingerprint density at radius 2 is 2.14 bits per heavy atom. The van der Waals surface area contributed by atoms with Gasteiger partial charge in [0.2, 0.25) is 0 Å². The first kappa shape index (κ1) is 10.9. The molecule has 34 valence electrons. The third kappa shape index (κ3) is 10.9. The van der Waals surface area contributed by atoms with Crippen molar-refractivity contribution in [2.24, 2.45) is 0 Å². The molecule has 0 saturated carbocycles. The van der Waals surface area contributed by atoms with Crippen LogP contribution in [0, 0.1) is 0 Å². The molecule has 0 spiro atoms. The fourth-order valence-corrected chi connectivity index (χ4v) is 0.642. The Balaban J connectivity index is 0. The number of carboxylic acid groups (broad SMARTS) is 1. The summed E-state index contributed by atoms with van der Waals surface area (Å²) in [5.41, 5.74) is 0. The average Bonchev–Trinajstić information content (AvgIpc) is 1.35. The van der Waals surface area contributed by atoms with Crippen molar-refractivity contribution in [2.75, 3.05) is 0 Å². The monoisotopic (exact) mass is 170 g/mol.